The molecule has 3 N–H and O–H groups in total. The van der Waals surface area contributed by atoms with E-state index in [1.165, 1.54) is 14.1 Å². The Labute approximate surface area is 67.4 Å². The third-order valence-electron chi connectivity index (χ3n) is 1.43. The minimum absolute atomic E-state index is 0.0445. The zero-order valence-electron chi connectivity index (χ0n) is 6.74. The van der Waals surface area contributed by atoms with Gasteiger partial charge in [0.25, 0.3) is 0 Å². The first-order valence-electron chi connectivity index (χ1n) is 3.21. The fraction of sp³-hybridized carbons (Fsp3) is 0.400. The van der Waals surface area contributed by atoms with Crippen molar-refractivity contribution in [2.75, 3.05) is 18.2 Å². The lowest BCUT2D eigenvalue weighted by molar-refractivity contribution is 0.675. The molecule has 0 aliphatic rings. The molecule has 0 aliphatic heterocycles. The Bertz CT molecular complexity index is 403. The van der Waals surface area contributed by atoms with Crippen LogP contribution in [0, 0.1) is 0 Å². The summed E-state index contributed by atoms with van der Waals surface area (Å²) in [4.78, 5) is 25.5. The standard InChI is InChI=1S/C5H9N5O2/c1-7-3-8-4(11)9(2)5(12)10(3)6/h6H2,1-2H3,(H,7,8,11). The summed E-state index contributed by atoms with van der Waals surface area (Å²) in [6, 6.07) is 0. The van der Waals surface area contributed by atoms with Crippen molar-refractivity contribution >= 4 is 5.95 Å². The molecule has 1 aromatic heterocycles. The third kappa shape index (κ3) is 1.04. The average Bonchev–Trinajstić information content (AvgIpc) is 2.08. The Morgan fingerprint density at radius 3 is 2.58 bits per heavy atom. The lowest BCUT2D eigenvalue weighted by atomic mass is 10.8. The maximum absolute atomic E-state index is 11.1. The van der Waals surface area contributed by atoms with E-state index in [0.717, 1.165) is 9.24 Å². The molecule has 0 amide bonds. The van der Waals surface area contributed by atoms with Gasteiger partial charge in [0.15, 0.2) is 0 Å². The topological polar surface area (TPSA) is 94.9 Å². The van der Waals surface area contributed by atoms with Crippen LogP contribution >= 0.6 is 0 Å². The molecule has 7 nitrogen and oxygen atoms in total. The number of nitrogens with one attached hydrogen (secondary N) is 1. The van der Waals surface area contributed by atoms with Gasteiger partial charge < -0.3 is 11.2 Å². The fourth-order valence-corrected chi connectivity index (χ4v) is 0.730. The van der Waals surface area contributed by atoms with E-state index in [1.54, 1.807) is 0 Å². The van der Waals surface area contributed by atoms with Crippen LogP contribution in [-0.4, -0.2) is 21.3 Å². The van der Waals surface area contributed by atoms with E-state index in [0.29, 0.717) is 0 Å². The molecular formula is C5H9N5O2. The second-order valence-electron chi connectivity index (χ2n) is 2.18. The summed E-state index contributed by atoms with van der Waals surface area (Å²) >= 11 is 0. The van der Waals surface area contributed by atoms with E-state index >= 15 is 0 Å². The van der Waals surface area contributed by atoms with Crippen molar-refractivity contribution in [3.05, 3.63) is 21.0 Å². The highest BCUT2D eigenvalue weighted by Gasteiger charge is 2.04. The van der Waals surface area contributed by atoms with Crippen molar-refractivity contribution in [2.45, 2.75) is 0 Å². The average molecular weight is 171 g/mol. The quantitative estimate of drug-likeness (QED) is 0.463. The summed E-state index contributed by atoms with van der Waals surface area (Å²) in [5, 5.41) is 2.52. The van der Waals surface area contributed by atoms with Gasteiger partial charge in [-0.1, -0.05) is 0 Å². The molecular weight excluding hydrogens is 162 g/mol. The van der Waals surface area contributed by atoms with Gasteiger partial charge in [-0.2, -0.15) is 9.66 Å². The van der Waals surface area contributed by atoms with Crippen molar-refractivity contribution in [1.82, 2.24) is 14.2 Å². The summed E-state index contributed by atoms with van der Waals surface area (Å²) in [5.74, 6) is 5.33. The Hall–Kier alpha value is -1.79. The van der Waals surface area contributed by atoms with E-state index in [1.807, 2.05) is 0 Å². The number of hydrogen-bond acceptors (Lipinski definition) is 5. The van der Waals surface area contributed by atoms with Crippen LogP contribution in [0.5, 0.6) is 0 Å². The van der Waals surface area contributed by atoms with E-state index in [9.17, 15) is 9.59 Å². The van der Waals surface area contributed by atoms with Crippen molar-refractivity contribution in [3.63, 3.8) is 0 Å². The molecule has 0 unspecified atom stereocenters. The van der Waals surface area contributed by atoms with E-state index in [4.69, 9.17) is 5.84 Å². The molecule has 66 valence electrons. The number of hydrogen-bond donors (Lipinski definition) is 2. The second kappa shape index (κ2) is 2.68. The van der Waals surface area contributed by atoms with Crippen LogP contribution in [0.3, 0.4) is 0 Å². The molecule has 1 heterocycles. The smallest absolute Gasteiger partial charge is 0.354 e. The second-order valence-corrected chi connectivity index (χ2v) is 2.18. The van der Waals surface area contributed by atoms with Gasteiger partial charge >= 0.3 is 11.4 Å². The van der Waals surface area contributed by atoms with E-state index in [2.05, 4.69) is 10.3 Å². The third-order valence-corrected chi connectivity index (χ3v) is 1.43. The van der Waals surface area contributed by atoms with Crippen LogP contribution in [0.1, 0.15) is 0 Å². The predicted octanol–water partition coefficient (Wildman–Crippen LogP) is -2.30. The molecule has 0 aromatic carbocycles. The SMILES string of the molecule is CNc1nc(=O)n(C)c(=O)n1N. The van der Waals surface area contributed by atoms with Gasteiger partial charge in [-0.15, -0.1) is 0 Å². The van der Waals surface area contributed by atoms with Crippen LogP contribution in [0.2, 0.25) is 0 Å². The summed E-state index contributed by atoms with van der Waals surface area (Å²) in [7, 11) is 2.82. The number of rotatable bonds is 1. The monoisotopic (exact) mass is 171 g/mol. The van der Waals surface area contributed by atoms with Crippen LogP contribution in [0.4, 0.5) is 5.95 Å². The molecule has 0 bridgehead atoms. The van der Waals surface area contributed by atoms with E-state index in [-0.39, 0.29) is 5.95 Å². The van der Waals surface area contributed by atoms with Gasteiger partial charge in [-0.05, 0) is 0 Å². The first-order valence-corrected chi connectivity index (χ1v) is 3.21. The molecule has 0 aliphatic carbocycles. The number of anilines is 1. The van der Waals surface area contributed by atoms with E-state index < -0.39 is 11.4 Å². The fourth-order valence-electron chi connectivity index (χ4n) is 0.730. The minimum atomic E-state index is -0.633. The molecule has 0 saturated carbocycles. The number of nitrogen functional groups attached to an aromatic ring is 1. The Balaban J connectivity index is 3.61. The number of nitrogens with two attached hydrogens (primary N) is 1. The molecule has 1 aromatic rings. The Morgan fingerprint density at radius 1 is 1.50 bits per heavy atom. The Kier molecular flexibility index (Phi) is 1.86. The van der Waals surface area contributed by atoms with Crippen molar-refractivity contribution < 1.29 is 0 Å². The summed E-state index contributed by atoms with van der Waals surface area (Å²) in [6.07, 6.45) is 0. The molecule has 0 atom stereocenters. The molecule has 12 heavy (non-hydrogen) atoms. The first kappa shape index (κ1) is 8.31. The zero-order valence-corrected chi connectivity index (χ0v) is 6.74. The first-order chi connectivity index (χ1) is 5.57. The minimum Gasteiger partial charge on any atom is -0.357 e. The lowest BCUT2D eigenvalue weighted by Gasteiger charge is -2.05. The molecule has 0 radical (unpaired) electrons. The van der Waals surface area contributed by atoms with Gasteiger partial charge in [0, 0.05) is 14.1 Å². The summed E-state index contributed by atoms with van der Waals surface area (Å²) < 4.78 is 1.59. The zero-order chi connectivity index (χ0) is 9.30. The molecule has 0 fully saturated rings. The maximum Gasteiger partial charge on any atom is 0.354 e. The van der Waals surface area contributed by atoms with Crippen molar-refractivity contribution in [2.24, 2.45) is 7.05 Å². The normalized spacial score (nSPS) is 9.83. The van der Waals surface area contributed by atoms with Crippen molar-refractivity contribution in [1.29, 1.82) is 0 Å². The highest BCUT2D eigenvalue weighted by atomic mass is 16.2. The van der Waals surface area contributed by atoms with Gasteiger partial charge in [0.05, 0.1) is 0 Å². The van der Waals surface area contributed by atoms with Crippen molar-refractivity contribution in [3.8, 4) is 0 Å². The maximum atomic E-state index is 11.1. The highest BCUT2D eigenvalue weighted by Crippen LogP contribution is 1.85. The number of nitrogens with zero attached hydrogens (tertiary/aromatic N) is 3. The van der Waals surface area contributed by atoms with Gasteiger partial charge in [0.1, 0.15) is 0 Å². The van der Waals surface area contributed by atoms with Crippen LogP contribution in [0.15, 0.2) is 9.59 Å². The molecule has 0 spiro atoms. The summed E-state index contributed by atoms with van der Waals surface area (Å²) in [6.45, 7) is 0. The molecule has 1 rings (SSSR count). The molecule has 7 heteroatoms. The highest BCUT2D eigenvalue weighted by molar-refractivity contribution is 5.21. The van der Waals surface area contributed by atoms with Gasteiger partial charge in [-0.25, -0.2) is 14.2 Å². The largest absolute Gasteiger partial charge is 0.357 e. The van der Waals surface area contributed by atoms with Crippen LogP contribution in [-0.2, 0) is 7.05 Å². The lowest BCUT2D eigenvalue weighted by Crippen LogP contribution is -2.43. The predicted molar refractivity (Wildman–Crippen MR) is 43.4 cm³/mol. The van der Waals surface area contributed by atoms with Gasteiger partial charge in [0.2, 0.25) is 5.95 Å². The van der Waals surface area contributed by atoms with Crippen LogP contribution < -0.4 is 22.5 Å². The Morgan fingerprint density at radius 2 is 2.08 bits per heavy atom. The van der Waals surface area contributed by atoms with Gasteiger partial charge in [-0.3, -0.25) is 0 Å². The summed E-state index contributed by atoms with van der Waals surface area (Å²) in [5.41, 5.74) is -1.24. The number of aromatic nitrogens is 3. The molecule has 0 saturated heterocycles. The van der Waals surface area contributed by atoms with Crippen LogP contribution in [0.25, 0.3) is 0 Å².